The predicted octanol–water partition coefficient (Wildman–Crippen LogP) is 2.98. The van der Waals surface area contributed by atoms with Crippen molar-refractivity contribution >= 4 is 11.6 Å². The van der Waals surface area contributed by atoms with E-state index in [1.807, 2.05) is 12.1 Å². The fraction of sp³-hybridized carbons (Fsp3) is 0.458. The molecule has 0 aromatic heterocycles. The van der Waals surface area contributed by atoms with Gasteiger partial charge < -0.3 is 19.3 Å². The molecule has 2 saturated heterocycles. The molecule has 0 bridgehead atoms. The molecule has 2 fully saturated rings. The first kappa shape index (κ1) is 19.2. The first-order valence-electron chi connectivity index (χ1n) is 11.0. The van der Waals surface area contributed by atoms with Gasteiger partial charge in [-0.3, -0.25) is 9.69 Å². The van der Waals surface area contributed by atoms with Crippen LogP contribution in [0.5, 0.6) is 11.5 Å². The van der Waals surface area contributed by atoms with Gasteiger partial charge in [0, 0.05) is 44.3 Å². The van der Waals surface area contributed by atoms with Crippen LogP contribution in [0.4, 0.5) is 5.69 Å². The van der Waals surface area contributed by atoms with Crippen LogP contribution in [0.1, 0.15) is 18.4 Å². The fourth-order valence-electron chi connectivity index (χ4n) is 4.72. The summed E-state index contributed by atoms with van der Waals surface area (Å²) in [7, 11) is 0. The number of nitrogens with zero attached hydrogens (tertiary/aromatic N) is 3. The number of hydrogen-bond acceptors (Lipinski definition) is 5. The van der Waals surface area contributed by atoms with Crippen molar-refractivity contribution < 1.29 is 14.3 Å². The van der Waals surface area contributed by atoms with Crippen LogP contribution in [0.15, 0.2) is 48.5 Å². The summed E-state index contributed by atoms with van der Waals surface area (Å²) in [5, 5.41) is 0. The van der Waals surface area contributed by atoms with Crippen LogP contribution in [-0.2, 0) is 11.3 Å². The van der Waals surface area contributed by atoms with Gasteiger partial charge in [-0.25, -0.2) is 0 Å². The Kier molecular flexibility index (Phi) is 5.49. The molecule has 6 heteroatoms. The van der Waals surface area contributed by atoms with Crippen molar-refractivity contribution in [2.75, 3.05) is 51.0 Å². The minimum Gasteiger partial charge on any atom is -0.454 e. The number of fused-ring (bicyclic) bond motifs is 1. The van der Waals surface area contributed by atoms with Crippen LogP contribution >= 0.6 is 0 Å². The number of carbonyl (C=O) groups excluding carboxylic acids is 1. The van der Waals surface area contributed by atoms with Gasteiger partial charge in [-0.1, -0.05) is 24.3 Å². The van der Waals surface area contributed by atoms with Crippen molar-refractivity contribution in [2.45, 2.75) is 19.4 Å². The van der Waals surface area contributed by atoms with Crippen LogP contribution in [-0.4, -0.2) is 61.8 Å². The second-order valence-corrected chi connectivity index (χ2v) is 8.39. The lowest BCUT2D eigenvalue weighted by Crippen LogP contribution is -2.51. The molecule has 2 aromatic rings. The third-order valence-corrected chi connectivity index (χ3v) is 6.49. The number of likely N-dealkylation sites (tertiary alicyclic amines) is 1. The smallest absolute Gasteiger partial charge is 0.231 e. The zero-order valence-electron chi connectivity index (χ0n) is 17.3. The number of piperazine rings is 1. The number of para-hydroxylation sites is 1. The number of anilines is 1. The molecule has 0 spiro atoms. The molecule has 0 aliphatic carbocycles. The second-order valence-electron chi connectivity index (χ2n) is 8.39. The average molecular weight is 408 g/mol. The summed E-state index contributed by atoms with van der Waals surface area (Å²) < 4.78 is 10.9. The molecule has 6 nitrogen and oxygen atoms in total. The summed E-state index contributed by atoms with van der Waals surface area (Å²) in [5.74, 6) is 2.19. The normalized spacial score (nSPS) is 19.9. The molecule has 0 radical (unpaired) electrons. The van der Waals surface area contributed by atoms with E-state index < -0.39 is 0 Å². The van der Waals surface area contributed by atoms with Crippen LogP contribution in [0.25, 0.3) is 0 Å². The third-order valence-electron chi connectivity index (χ3n) is 6.49. The number of amides is 1. The Hall–Kier alpha value is -2.73. The zero-order valence-corrected chi connectivity index (χ0v) is 17.3. The minimum absolute atomic E-state index is 0.168. The van der Waals surface area contributed by atoms with Gasteiger partial charge in [-0.2, -0.15) is 0 Å². The highest BCUT2D eigenvalue weighted by atomic mass is 16.7. The number of ether oxygens (including phenoxy) is 2. The quantitative estimate of drug-likeness (QED) is 0.780. The number of carbonyl (C=O) groups is 1. The van der Waals surface area contributed by atoms with E-state index in [4.69, 9.17) is 9.47 Å². The maximum atomic E-state index is 13.0. The van der Waals surface area contributed by atoms with Gasteiger partial charge in [0.1, 0.15) is 0 Å². The first-order valence-corrected chi connectivity index (χ1v) is 11.0. The van der Waals surface area contributed by atoms with Crippen molar-refractivity contribution in [1.29, 1.82) is 0 Å². The molecule has 0 N–H and O–H groups in total. The SMILES string of the molecule is O=C(C1CCN(Cc2ccc3c(c2)OCO3)CC1)N1CCN(c2ccccc2)CC1. The molecule has 0 atom stereocenters. The highest BCUT2D eigenvalue weighted by Gasteiger charge is 2.30. The Balaban J connectivity index is 1.09. The lowest BCUT2D eigenvalue weighted by Gasteiger charge is -2.39. The molecular formula is C24H29N3O3. The molecule has 3 aliphatic rings. The fourth-order valence-corrected chi connectivity index (χ4v) is 4.72. The Morgan fingerprint density at radius 3 is 2.37 bits per heavy atom. The molecule has 0 saturated carbocycles. The molecule has 30 heavy (non-hydrogen) atoms. The zero-order chi connectivity index (χ0) is 20.3. The maximum absolute atomic E-state index is 13.0. The van der Waals surface area contributed by atoms with Gasteiger partial charge in [0.05, 0.1) is 0 Å². The Morgan fingerprint density at radius 1 is 0.867 bits per heavy atom. The summed E-state index contributed by atoms with van der Waals surface area (Å²) in [6.07, 6.45) is 1.89. The standard InChI is InChI=1S/C24H29N3O3/c28-24(27-14-12-26(13-15-27)21-4-2-1-3-5-21)20-8-10-25(11-9-20)17-19-6-7-22-23(16-19)30-18-29-22/h1-7,16,20H,8-15,17-18H2. The van der Waals surface area contributed by atoms with E-state index in [0.717, 1.165) is 70.2 Å². The lowest BCUT2D eigenvalue weighted by atomic mass is 9.94. The van der Waals surface area contributed by atoms with Crippen LogP contribution in [0.3, 0.4) is 0 Å². The third kappa shape index (κ3) is 4.10. The van der Waals surface area contributed by atoms with Crippen molar-refractivity contribution in [1.82, 2.24) is 9.80 Å². The van der Waals surface area contributed by atoms with E-state index in [9.17, 15) is 4.79 Å². The van der Waals surface area contributed by atoms with Gasteiger partial charge >= 0.3 is 0 Å². The van der Waals surface area contributed by atoms with Gasteiger partial charge in [0.25, 0.3) is 0 Å². The molecule has 158 valence electrons. The summed E-state index contributed by atoms with van der Waals surface area (Å²) in [6, 6.07) is 16.7. The topological polar surface area (TPSA) is 45.3 Å². The summed E-state index contributed by atoms with van der Waals surface area (Å²) in [6.45, 7) is 6.62. The molecule has 0 unspecified atom stereocenters. The monoisotopic (exact) mass is 407 g/mol. The number of piperidine rings is 1. The van der Waals surface area contributed by atoms with E-state index in [-0.39, 0.29) is 5.92 Å². The molecule has 5 rings (SSSR count). The minimum atomic E-state index is 0.168. The van der Waals surface area contributed by atoms with Crippen molar-refractivity contribution in [3.63, 3.8) is 0 Å². The van der Waals surface area contributed by atoms with Gasteiger partial charge in [0.2, 0.25) is 12.7 Å². The Labute approximate surface area is 178 Å². The van der Waals surface area contributed by atoms with Crippen LogP contribution in [0.2, 0.25) is 0 Å². The second kappa shape index (κ2) is 8.56. The van der Waals surface area contributed by atoms with E-state index in [0.29, 0.717) is 12.7 Å². The molecule has 3 heterocycles. The highest BCUT2D eigenvalue weighted by Crippen LogP contribution is 2.33. The van der Waals surface area contributed by atoms with Crippen molar-refractivity contribution in [3.8, 4) is 11.5 Å². The summed E-state index contributed by atoms with van der Waals surface area (Å²) in [5.41, 5.74) is 2.49. The molecule has 1 amide bonds. The summed E-state index contributed by atoms with van der Waals surface area (Å²) in [4.78, 5) is 19.9. The van der Waals surface area contributed by atoms with Crippen LogP contribution in [0, 0.1) is 5.92 Å². The lowest BCUT2D eigenvalue weighted by molar-refractivity contribution is -0.137. The number of hydrogen-bond donors (Lipinski definition) is 0. The molecular weight excluding hydrogens is 378 g/mol. The molecule has 2 aromatic carbocycles. The van der Waals surface area contributed by atoms with Gasteiger partial charge in [-0.15, -0.1) is 0 Å². The number of benzene rings is 2. The van der Waals surface area contributed by atoms with Crippen molar-refractivity contribution in [2.24, 2.45) is 5.92 Å². The maximum Gasteiger partial charge on any atom is 0.231 e. The van der Waals surface area contributed by atoms with E-state index in [1.54, 1.807) is 0 Å². The van der Waals surface area contributed by atoms with E-state index in [2.05, 4.69) is 51.1 Å². The molecule has 3 aliphatic heterocycles. The average Bonchev–Trinajstić information content (AvgIpc) is 3.28. The largest absolute Gasteiger partial charge is 0.454 e. The van der Waals surface area contributed by atoms with E-state index in [1.165, 1.54) is 11.3 Å². The highest BCUT2D eigenvalue weighted by molar-refractivity contribution is 5.79. The summed E-state index contributed by atoms with van der Waals surface area (Å²) >= 11 is 0. The van der Waals surface area contributed by atoms with Gasteiger partial charge in [-0.05, 0) is 55.8 Å². The van der Waals surface area contributed by atoms with Gasteiger partial charge in [0.15, 0.2) is 11.5 Å². The number of rotatable bonds is 4. The van der Waals surface area contributed by atoms with Crippen molar-refractivity contribution in [3.05, 3.63) is 54.1 Å². The Bertz CT molecular complexity index is 873. The van der Waals surface area contributed by atoms with Crippen LogP contribution < -0.4 is 14.4 Å². The van der Waals surface area contributed by atoms with E-state index >= 15 is 0 Å². The first-order chi connectivity index (χ1) is 14.8. The Morgan fingerprint density at radius 2 is 1.60 bits per heavy atom. The predicted molar refractivity (Wildman–Crippen MR) is 116 cm³/mol.